The van der Waals surface area contributed by atoms with E-state index >= 15 is 0 Å². The number of hydrogen-bond donors (Lipinski definition) is 1. The van der Waals surface area contributed by atoms with Crippen molar-refractivity contribution in [1.82, 2.24) is 5.32 Å². The Balaban J connectivity index is 1.39. The number of ketones is 1. The SMILES string of the molecule is COc1ccc([C@H]2CC(=O)C3=C(C2)NC(C)=C(C(=O)OC2CCCC2)[C@H]3c2ccccc2OCc2ccccc2)cc1OC. The van der Waals surface area contributed by atoms with Gasteiger partial charge in [0.05, 0.1) is 25.7 Å². The fourth-order valence-corrected chi connectivity index (χ4v) is 6.77. The van der Waals surface area contributed by atoms with E-state index in [-0.39, 0.29) is 23.8 Å². The molecule has 0 aromatic heterocycles. The lowest BCUT2D eigenvalue weighted by Gasteiger charge is -2.37. The quantitative estimate of drug-likeness (QED) is 0.264. The molecule has 1 aliphatic heterocycles. The normalized spacial score (nSPS) is 20.2. The molecule has 1 fully saturated rings. The molecule has 3 aromatic rings. The van der Waals surface area contributed by atoms with Crippen LogP contribution in [0.25, 0.3) is 0 Å². The third-order valence-corrected chi connectivity index (χ3v) is 8.97. The maximum absolute atomic E-state index is 14.2. The Morgan fingerprint density at radius 1 is 0.864 bits per heavy atom. The molecule has 1 heterocycles. The molecule has 1 N–H and O–H groups in total. The van der Waals surface area contributed by atoms with Gasteiger partial charge < -0.3 is 24.3 Å². The van der Waals surface area contributed by atoms with Crippen LogP contribution in [0.3, 0.4) is 0 Å². The molecule has 0 saturated heterocycles. The summed E-state index contributed by atoms with van der Waals surface area (Å²) in [6.45, 7) is 2.27. The number of methoxy groups -OCH3 is 2. The maximum atomic E-state index is 14.2. The second-order valence-electron chi connectivity index (χ2n) is 11.8. The lowest BCUT2D eigenvalue weighted by molar-refractivity contribution is -0.144. The second-order valence-corrected chi connectivity index (χ2v) is 11.8. The van der Waals surface area contributed by atoms with Gasteiger partial charge in [-0.15, -0.1) is 0 Å². The van der Waals surface area contributed by atoms with Gasteiger partial charge in [0.25, 0.3) is 0 Å². The molecule has 0 bridgehead atoms. The van der Waals surface area contributed by atoms with E-state index < -0.39 is 5.92 Å². The molecule has 7 heteroatoms. The average Bonchev–Trinajstić information content (AvgIpc) is 3.56. The van der Waals surface area contributed by atoms with Crippen LogP contribution in [0.2, 0.25) is 0 Å². The number of carbonyl (C=O) groups excluding carboxylic acids is 2. The molecule has 6 rings (SSSR count). The zero-order valence-electron chi connectivity index (χ0n) is 25.6. The van der Waals surface area contributed by atoms with Crippen LogP contribution in [0.15, 0.2) is 95.3 Å². The number of dihydropyridines is 1. The highest BCUT2D eigenvalue weighted by atomic mass is 16.5. The Hall–Kier alpha value is -4.52. The van der Waals surface area contributed by atoms with Crippen molar-refractivity contribution in [3.63, 3.8) is 0 Å². The van der Waals surface area contributed by atoms with Crippen molar-refractivity contribution < 1.29 is 28.5 Å². The van der Waals surface area contributed by atoms with Gasteiger partial charge in [-0.25, -0.2) is 4.79 Å². The molecule has 0 spiro atoms. The van der Waals surface area contributed by atoms with Gasteiger partial charge in [-0.2, -0.15) is 0 Å². The van der Waals surface area contributed by atoms with Crippen LogP contribution in [0.4, 0.5) is 0 Å². The summed E-state index contributed by atoms with van der Waals surface area (Å²) in [6, 6.07) is 23.5. The van der Waals surface area contributed by atoms with Crippen molar-refractivity contribution in [2.75, 3.05) is 14.2 Å². The van der Waals surface area contributed by atoms with Crippen LogP contribution >= 0.6 is 0 Å². The van der Waals surface area contributed by atoms with Crippen molar-refractivity contribution in [3.05, 3.63) is 112 Å². The Morgan fingerprint density at radius 3 is 2.34 bits per heavy atom. The number of hydrogen-bond acceptors (Lipinski definition) is 7. The second kappa shape index (κ2) is 13.0. The van der Waals surface area contributed by atoms with E-state index in [1.165, 1.54) is 0 Å². The molecule has 7 nitrogen and oxygen atoms in total. The summed E-state index contributed by atoms with van der Waals surface area (Å²) in [5, 5.41) is 3.47. The summed E-state index contributed by atoms with van der Waals surface area (Å²) in [7, 11) is 3.22. The molecule has 0 radical (unpaired) electrons. The first-order valence-corrected chi connectivity index (χ1v) is 15.4. The highest BCUT2D eigenvalue weighted by Crippen LogP contribution is 2.48. The minimum atomic E-state index is -0.606. The number of benzene rings is 3. The topological polar surface area (TPSA) is 83.1 Å². The number of ether oxygens (including phenoxy) is 4. The molecule has 2 atom stereocenters. The van der Waals surface area contributed by atoms with Crippen LogP contribution < -0.4 is 19.5 Å². The number of allylic oxidation sites excluding steroid dienone is 3. The number of nitrogens with one attached hydrogen (secondary N) is 1. The first kappa shape index (κ1) is 29.5. The number of rotatable bonds is 9. The Bertz CT molecular complexity index is 1600. The van der Waals surface area contributed by atoms with Gasteiger partial charge in [0.15, 0.2) is 17.3 Å². The molecule has 1 saturated carbocycles. The van der Waals surface area contributed by atoms with Crippen molar-refractivity contribution in [2.45, 2.75) is 70.0 Å². The van der Waals surface area contributed by atoms with Gasteiger partial charge in [-0.3, -0.25) is 4.79 Å². The summed E-state index contributed by atoms with van der Waals surface area (Å²) in [4.78, 5) is 28.1. The highest BCUT2D eigenvalue weighted by molar-refractivity contribution is 6.04. The van der Waals surface area contributed by atoms with E-state index in [4.69, 9.17) is 18.9 Å². The van der Waals surface area contributed by atoms with Crippen molar-refractivity contribution in [1.29, 1.82) is 0 Å². The predicted molar refractivity (Wildman–Crippen MR) is 168 cm³/mol. The first-order valence-electron chi connectivity index (χ1n) is 15.4. The van der Waals surface area contributed by atoms with E-state index in [0.29, 0.717) is 53.5 Å². The number of Topliss-reactive ketones (excluding diaryl/α,β-unsaturated/α-hetero) is 1. The molecular formula is C37H39NO6. The lowest BCUT2D eigenvalue weighted by atomic mass is 9.71. The van der Waals surface area contributed by atoms with E-state index in [1.807, 2.05) is 79.7 Å². The van der Waals surface area contributed by atoms with E-state index in [9.17, 15) is 9.59 Å². The predicted octanol–water partition coefficient (Wildman–Crippen LogP) is 7.13. The van der Waals surface area contributed by atoms with E-state index in [1.54, 1.807) is 14.2 Å². The first-order chi connectivity index (χ1) is 21.5. The molecule has 0 unspecified atom stereocenters. The summed E-state index contributed by atoms with van der Waals surface area (Å²) in [6.07, 6.45) is 4.67. The summed E-state index contributed by atoms with van der Waals surface area (Å²) < 4.78 is 23.4. The smallest absolute Gasteiger partial charge is 0.337 e. The number of para-hydroxylation sites is 1. The maximum Gasteiger partial charge on any atom is 0.337 e. The monoisotopic (exact) mass is 593 g/mol. The minimum absolute atomic E-state index is 0.0000590. The molecule has 3 aliphatic rings. The zero-order chi connectivity index (χ0) is 30.6. The summed E-state index contributed by atoms with van der Waals surface area (Å²) in [5.41, 5.74) is 5.44. The molecule has 0 amide bonds. The van der Waals surface area contributed by atoms with Crippen LogP contribution in [0.1, 0.15) is 74.0 Å². The molecule has 44 heavy (non-hydrogen) atoms. The van der Waals surface area contributed by atoms with Gasteiger partial charge >= 0.3 is 5.97 Å². The number of carbonyl (C=O) groups is 2. The van der Waals surface area contributed by atoms with Crippen LogP contribution in [-0.4, -0.2) is 32.1 Å². The molecular weight excluding hydrogens is 554 g/mol. The standard InChI is InChI=1S/C37H39NO6/c1-23-34(37(40)44-27-13-7-8-14-27)35(28-15-9-10-16-31(28)43-22-24-11-5-4-6-12-24)36-29(38-23)19-26(20-30(36)39)25-17-18-32(41-2)33(21-25)42-3/h4-6,9-12,15-18,21,26-27,35,38H,7-8,13-14,19-20,22H2,1-3H3/t26-,35-/m1/s1. The molecule has 2 aliphatic carbocycles. The molecule has 228 valence electrons. The fraction of sp³-hybridized carbons (Fsp3) is 0.351. The number of esters is 1. The molecule has 3 aromatic carbocycles. The van der Waals surface area contributed by atoms with Crippen molar-refractivity contribution >= 4 is 11.8 Å². The summed E-state index contributed by atoms with van der Waals surface area (Å²) in [5.74, 6) is 0.884. The van der Waals surface area contributed by atoms with Crippen LogP contribution in [-0.2, 0) is 20.9 Å². The minimum Gasteiger partial charge on any atom is -0.493 e. The Labute approximate surface area is 258 Å². The van der Waals surface area contributed by atoms with Gasteiger partial charge in [0.2, 0.25) is 0 Å². The fourth-order valence-electron chi connectivity index (χ4n) is 6.77. The van der Waals surface area contributed by atoms with Gasteiger partial charge in [0, 0.05) is 29.0 Å². The Morgan fingerprint density at radius 2 is 1.59 bits per heavy atom. The largest absolute Gasteiger partial charge is 0.493 e. The summed E-state index contributed by atoms with van der Waals surface area (Å²) >= 11 is 0. The van der Waals surface area contributed by atoms with Gasteiger partial charge in [0.1, 0.15) is 18.5 Å². The van der Waals surface area contributed by atoms with Crippen LogP contribution in [0.5, 0.6) is 17.2 Å². The lowest BCUT2D eigenvalue weighted by Crippen LogP contribution is -2.36. The van der Waals surface area contributed by atoms with E-state index in [0.717, 1.165) is 48.1 Å². The van der Waals surface area contributed by atoms with Crippen LogP contribution in [0, 0.1) is 0 Å². The zero-order valence-corrected chi connectivity index (χ0v) is 25.6. The third-order valence-electron chi connectivity index (χ3n) is 8.97. The van der Waals surface area contributed by atoms with Crippen molar-refractivity contribution in [2.24, 2.45) is 0 Å². The Kier molecular flexibility index (Phi) is 8.73. The van der Waals surface area contributed by atoms with E-state index in [2.05, 4.69) is 5.32 Å². The van der Waals surface area contributed by atoms with Gasteiger partial charge in [-0.1, -0.05) is 54.6 Å². The third kappa shape index (κ3) is 5.96. The van der Waals surface area contributed by atoms with Crippen molar-refractivity contribution in [3.8, 4) is 17.2 Å². The average molecular weight is 594 g/mol. The van der Waals surface area contributed by atoms with Gasteiger partial charge in [-0.05, 0) is 74.3 Å². The highest BCUT2D eigenvalue weighted by Gasteiger charge is 2.43.